The summed E-state index contributed by atoms with van der Waals surface area (Å²) in [5.41, 5.74) is 1.97. The SMILES string of the molecule is Cc1ccc(OCC(=O)c2ccc3c(c2)N(Cc2ccc(C(=O)NCCN4CCCCC4)o2)C(=O)CO3)cc1. The van der Waals surface area contributed by atoms with Crippen LogP contribution in [-0.2, 0) is 11.3 Å². The van der Waals surface area contributed by atoms with Crippen molar-refractivity contribution in [2.24, 2.45) is 0 Å². The summed E-state index contributed by atoms with van der Waals surface area (Å²) in [6.07, 6.45) is 3.68. The number of hydrogen-bond donors (Lipinski definition) is 1. The van der Waals surface area contributed by atoms with Gasteiger partial charge in [0.25, 0.3) is 11.8 Å². The Hall–Kier alpha value is -4.11. The normalized spacial score (nSPS) is 15.4. The Labute approximate surface area is 227 Å². The summed E-state index contributed by atoms with van der Waals surface area (Å²) >= 11 is 0. The summed E-state index contributed by atoms with van der Waals surface area (Å²) in [5.74, 6) is 0.973. The zero-order valence-electron chi connectivity index (χ0n) is 22.1. The number of aryl methyl sites for hydroxylation is 1. The zero-order chi connectivity index (χ0) is 27.2. The maximum Gasteiger partial charge on any atom is 0.287 e. The highest BCUT2D eigenvalue weighted by Crippen LogP contribution is 2.34. The fraction of sp³-hybridized carbons (Fsp3) is 0.367. The van der Waals surface area contributed by atoms with Crippen LogP contribution < -0.4 is 19.7 Å². The van der Waals surface area contributed by atoms with Gasteiger partial charge >= 0.3 is 0 Å². The molecule has 3 heterocycles. The summed E-state index contributed by atoms with van der Waals surface area (Å²) in [5, 5.41) is 2.91. The molecular weight excluding hydrogens is 498 g/mol. The van der Waals surface area contributed by atoms with E-state index in [1.807, 2.05) is 31.2 Å². The van der Waals surface area contributed by atoms with Crippen LogP contribution in [0.25, 0.3) is 0 Å². The van der Waals surface area contributed by atoms with Crippen LogP contribution in [0.5, 0.6) is 11.5 Å². The minimum absolute atomic E-state index is 0.105. The van der Waals surface area contributed by atoms with Crippen LogP contribution in [0.1, 0.15) is 51.5 Å². The monoisotopic (exact) mass is 531 g/mol. The molecule has 2 amide bonds. The highest BCUT2D eigenvalue weighted by atomic mass is 16.5. The summed E-state index contributed by atoms with van der Waals surface area (Å²) in [4.78, 5) is 42.1. The molecule has 2 aliphatic rings. The molecule has 1 N–H and O–H groups in total. The lowest BCUT2D eigenvalue weighted by Gasteiger charge is -2.29. The topological polar surface area (TPSA) is 101 Å². The van der Waals surface area contributed by atoms with Gasteiger partial charge in [0.2, 0.25) is 0 Å². The second kappa shape index (κ2) is 12.2. The van der Waals surface area contributed by atoms with Crippen molar-refractivity contribution in [2.45, 2.75) is 32.7 Å². The van der Waals surface area contributed by atoms with Gasteiger partial charge in [-0.15, -0.1) is 0 Å². The van der Waals surface area contributed by atoms with E-state index in [-0.39, 0.29) is 43.1 Å². The summed E-state index contributed by atoms with van der Waals surface area (Å²) in [6.45, 7) is 5.34. The number of hydrogen-bond acceptors (Lipinski definition) is 7. The molecule has 9 heteroatoms. The average molecular weight is 532 g/mol. The number of furan rings is 1. The Bertz CT molecular complexity index is 1330. The van der Waals surface area contributed by atoms with E-state index in [0.717, 1.165) is 25.2 Å². The first-order valence-corrected chi connectivity index (χ1v) is 13.4. The van der Waals surface area contributed by atoms with Crippen LogP contribution >= 0.6 is 0 Å². The van der Waals surface area contributed by atoms with Crippen molar-refractivity contribution in [2.75, 3.05) is 44.3 Å². The van der Waals surface area contributed by atoms with E-state index in [2.05, 4.69) is 10.2 Å². The number of likely N-dealkylation sites (tertiary alicyclic amines) is 1. The molecule has 0 spiro atoms. The third-order valence-corrected chi connectivity index (χ3v) is 6.98. The van der Waals surface area contributed by atoms with Gasteiger partial charge in [0, 0.05) is 18.7 Å². The molecule has 1 fully saturated rings. The van der Waals surface area contributed by atoms with Gasteiger partial charge in [0.1, 0.15) is 17.3 Å². The molecule has 0 saturated carbocycles. The van der Waals surface area contributed by atoms with Gasteiger partial charge in [-0.05, 0) is 75.3 Å². The van der Waals surface area contributed by atoms with Crippen LogP contribution in [0, 0.1) is 6.92 Å². The Balaban J connectivity index is 1.21. The maximum atomic E-state index is 12.8. The van der Waals surface area contributed by atoms with E-state index < -0.39 is 0 Å². The third-order valence-electron chi connectivity index (χ3n) is 6.98. The molecular formula is C30H33N3O6. The molecule has 0 unspecified atom stereocenters. The van der Waals surface area contributed by atoms with E-state index >= 15 is 0 Å². The second-order valence-electron chi connectivity index (χ2n) is 9.90. The number of Topliss-reactive ketones (excluding diaryl/α,β-unsaturated/α-hetero) is 1. The highest BCUT2D eigenvalue weighted by molar-refractivity contribution is 6.02. The van der Waals surface area contributed by atoms with Gasteiger partial charge < -0.3 is 24.1 Å². The molecule has 0 radical (unpaired) electrons. The molecule has 2 aliphatic heterocycles. The molecule has 0 bridgehead atoms. The second-order valence-corrected chi connectivity index (χ2v) is 9.90. The fourth-order valence-electron chi connectivity index (χ4n) is 4.75. The van der Waals surface area contributed by atoms with Crippen molar-refractivity contribution in [3.8, 4) is 11.5 Å². The summed E-state index contributed by atoms with van der Waals surface area (Å²) < 4.78 is 17.0. The summed E-state index contributed by atoms with van der Waals surface area (Å²) in [6, 6.07) is 15.7. The van der Waals surface area contributed by atoms with Crippen molar-refractivity contribution in [3.05, 3.63) is 77.2 Å². The number of fused-ring (bicyclic) bond motifs is 1. The van der Waals surface area contributed by atoms with Gasteiger partial charge in [-0.25, -0.2) is 0 Å². The number of piperidine rings is 1. The Morgan fingerprint density at radius 3 is 2.59 bits per heavy atom. The molecule has 2 aromatic carbocycles. The van der Waals surface area contributed by atoms with E-state index in [0.29, 0.717) is 35.1 Å². The summed E-state index contributed by atoms with van der Waals surface area (Å²) in [7, 11) is 0. The Morgan fingerprint density at radius 2 is 1.79 bits per heavy atom. The van der Waals surface area contributed by atoms with Crippen molar-refractivity contribution >= 4 is 23.3 Å². The highest BCUT2D eigenvalue weighted by Gasteiger charge is 2.28. The zero-order valence-corrected chi connectivity index (χ0v) is 22.1. The average Bonchev–Trinajstić information content (AvgIpc) is 3.43. The first-order valence-electron chi connectivity index (χ1n) is 13.4. The molecule has 0 atom stereocenters. The number of ketones is 1. The first-order chi connectivity index (χ1) is 19.0. The van der Waals surface area contributed by atoms with E-state index in [4.69, 9.17) is 13.9 Å². The van der Waals surface area contributed by atoms with Crippen molar-refractivity contribution in [1.29, 1.82) is 0 Å². The predicted molar refractivity (Wildman–Crippen MR) is 145 cm³/mol. The maximum absolute atomic E-state index is 12.8. The third kappa shape index (κ3) is 6.67. The number of benzene rings is 2. The lowest BCUT2D eigenvalue weighted by atomic mass is 10.1. The molecule has 0 aliphatic carbocycles. The Morgan fingerprint density at radius 1 is 1.00 bits per heavy atom. The number of carbonyl (C=O) groups excluding carboxylic acids is 3. The standard InChI is InChI=1S/C30H33N3O6/c1-21-5-8-23(9-6-21)37-19-26(34)22-7-11-27-25(17-22)33(29(35)20-38-27)18-24-10-12-28(39-24)30(36)31-13-16-32-14-3-2-4-15-32/h5-12,17H,2-4,13-16,18-20H2,1H3,(H,31,36). The van der Waals surface area contributed by atoms with Crippen LogP contribution in [-0.4, -0.2) is 61.9 Å². The number of carbonyl (C=O) groups is 3. The predicted octanol–water partition coefficient (Wildman–Crippen LogP) is 3.99. The van der Waals surface area contributed by atoms with Gasteiger partial charge in [-0.2, -0.15) is 0 Å². The first kappa shape index (κ1) is 26.5. The number of anilines is 1. The number of amides is 2. The van der Waals surface area contributed by atoms with Gasteiger partial charge in [0.05, 0.1) is 12.2 Å². The van der Waals surface area contributed by atoms with Crippen molar-refractivity contribution < 1.29 is 28.3 Å². The number of nitrogens with zero attached hydrogens (tertiary/aromatic N) is 2. The molecule has 5 rings (SSSR count). The smallest absolute Gasteiger partial charge is 0.287 e. The van der Waals surface area contributed by atoms with Crippen molar-refractivity contribution in [3.63, 3.8) is 0 Å². The largest absolute Gasteiger partial charge is 0.485 e. The molecule has 1 saturated heterocycles. The number of rotatable bonds is 10. The van der Waals surface area contributed by atoms with Gasteiger partial charge in [0.15, 0.2) is 24.8 Å². The number of ether oxygens (including phenoxy) is 2. The number of nitrogens with one attached hydrogen (secondary N) is 1. The van der Waals surface area contributed by atoms with Gasteiger partial charge in [-0.1, -0.05) is 24.1 Å². The quantitative estimate of drug-likeness (QED) is 0.395. The Kier molecular flexibility index (Phi) is 8.27. The molecule has 3 aromatic rings. The van der Waals surface area contributed by atoms with Crippen LogP contribution in [0.15, 0.2) is 59.0 Å². The molecule has 39 heavy (non-hydrogen) atoms. The van der Waals surface area contributed by atoms with Crippen LogP contribution in [0.2, 0.25) is 0 Å². The lowest BCUT2D eigenvalue weighted by Crippen LogP contribution is -2.38. The minimum atomic E-state index is -0.284. The fourth-order valence-corrected chi connectivity index (χ4v) is 4.75. The van der Waals surface area contributed by atoms with E-state index in [1.54, 1.807) is 30.3 Å². The lowest BCUT2D eigenvalue weighted by molar-refractivity contribution is -0.121. The molecule has 204 valence electrons. The van der Waals surface area contributed by atoms with Crippen LogP contribution in [0.3, 0.4) is 0 Å². The van der Waals surface area contributed by atoms with Crippen molar-refractivity contribution in [1.82, 2.24) is 10.2 Å². The molecule has 9 nitrogen and oxygen atoms in total. The molecule has 1 aromatic heterocycles. The van der Waals surface area contributed by atoms with E-state index in [9.17, 15) is 14.4 Å². The van der Waals surface area contributed by atoms with Crippen LogP contribution in [0.4, 0.5) is 5.69 Å². The van der Waals surface area contributed by atoms with E-state index in [1.165, 1.54) is 24.2 Å². The minimum Gasteiger partial charge on any atom is -0.485 e. The van der Waals surface area contributed by atoms with Gasteiger partial charge in [-0.3, -0.25) is 19.3 Å².